The lowest BCUT2D eigenvalue weighted by atomic mass is 9.88. The fourth-order valence-corrected chi connectivity index (χ4v) is 2.39. The predicted octanol–water partition coefficient (Wildman–Crippen LogP) is 2.74. The maximum atomic E-state index is 6.06. The van der Waals surface area contributed by atoms with Crippen molar-refractivity contribution in [2.24, 2.45) is 5.73 Å². The van der Waals surface area contributed by atoms with E-state index in [2.05, 4.69) is 24.5 Å². The second-order valence-corrected chi connectivity index (χ2v) is 4.44. The van der Waals surface area contributed by atoms with Crippen LogP contribution in [0.15, 0.2) is 23.1 Å². The van der Waals surface area contributed by atoms with Crippen molar-refractivity contribution in [3.8, 4) is 0 Å². The highest BCUT2D eigenvalue weighted by molar-refractivity contribution is 7.98. The standard InChI is InChI=1S/C11H15NS/c1-13-9-6-5-8-3-2-4-11(12)10(8)7-9/h5-7,11H,2-4,12H2,1H3. The zero-order valence-corrected chi connectivity index (χ0v) is 8.73. The van der Waals surface area contributed by atoms with Crippen molar-refractivity contribution in [2.45, 2.75) is 30.2 Å². The molecule has 1 aromatic carbocycles. The summed E-state index contributed by atoms with van der Waals surface area (Å²) in [7, 11) is 0. The third-order valence-electron chi connectivity index (χ3n) is 2.71. The number of aryl methyl sites for hydroxylation is 1. The van der Waals surface area contributed by atoms with Crippen LogP contribution in [-0.4, -0.2) is 6.26 Å². The largest absolute Gasteiger partial charge is 0.324 e. The normalized spacial score (nSPS) is 21.2. The first-order valence-electron chi connectivity index (χ1n) is 4.73. The molecule has 0 saturated carbocycles. The zero-order valence-electron chi connectivity index (χ0n) is 7.92. The van der Waals surface area contributed by atoms with E-state index < -0.39 is 0 Å². The molecule has 1 aromatic rings. The number of fused-ring (bicyclic) bond motifs is 1. The van der Waals surface area contributed by atoms with Crippen LogP contribution >= 0.6 is 11.8 Å². The van der Waals surface area contributed by atoms with E-state index in [0.29, 0.717) is 0 Å². The Morgan fingerprint density at radius 1 is 1.46 bits per heavy atom. The highest BCUT2D eigenvalue weighted by Crippen LogP contribution is 2.30. The molecule has 0 bridgehead atoms. The van der Waals surface area contributed by atoms with Gasteiger partial charge < -0.3 is 5.73 Å². The lowest BCUT2D eigenvalue weighted by Crippen LogP contribution is -2.17. The minimum Gasteiger partial charge on any atom is -0.324 e. The minimum atomic E-state index is 0.274. The van der Waals surface area contributed by atoms with Crippen molar-refractivity contribution in [3.63, 3.8) is 0 Å². The molecule has 0 aliphatic heterocycles. The number of thioether (sulfide) groups is 1. The second kappa shape index (κ2) is 3.72. The molecule has 0 aromatic heterocycles. The Kier molecular flexibility index (Phi) is 2.61. The van der Waals surface area contributed by atoms with Crippen molar-refractivity contribution in [1.29, 1.82) is 0 Å². The Morgan fingerprint density at radius 3 is 3.08 bits per heavy atom. The van der Waals surface area contributed by atoms with Gasteiger partial charge >= 0.3 is 0 Å². The molecule has 1 aliphatic carbocycles. The van der Waals surface area contributed by atoms with Crippen LogP contribution in [-0.2, 0) is 6.42 Å². The Hall–Kier alpha value is -0.470. The second-order valence-electron chi connectivity index (χ2n) is 3.56. The van der Waals surface area contributed by atoms with E-state index in [9.17, 15) is 0 Å². The first-order chi connectivity index (χ1) is 6.31. The molecule has 0 spiro atoms. The van der Waals surface area contributed by atoms with Crippen LogP contribution in [0.5, 0.6) is 0 Å². The lowest BCUT2D eigenvalue weighted by Gasteiger charge is -2.22. The molecule has 0 saturated heterocycles. The molecule has 0 radical (unpaired) electrons. The molecule has 13 heavy (non-hydrogen) atoms. The van der Waals surface area contributed by atoms with E-state index in [1.807, 2.05) is 0 Å². The maximum Gasteiger partial charge on any atom is 0.0298 e. The quantitative estimate of drug-likeness (QED) is 0.694. The molecule has 1 nitrogen and oxygen atoms in total. The van der Waals surface area contributed by atoms with E-state index in [1.54, 1.807) is 11.8 Å². The Bertz CT molecular complexity index is 309. The molecule has 1 unspecified atom stereocenters. The topological polar surface area (TPSA) is 26.0 Å². The van der Waals surface area contributed by atoms with E-state index in [0.717, 1.165) is 6.42 Å². The summed E-state index contributed by atoms with van der Waals surface area (Å²) in [6.45, 7) is 0. The van der Waals surface area contributed by atoms with Gasteiger partial charge in [0.1, 0.15) is 0 Å². The van der Waals surface area contributed by atoms with E-state index in [-0.39, 0.29) is 6.04 Å². The van der Waals surface area contributed by atoms with Crippen molar-refractivity contribution in [3.05, 3.63) is 29.3 Å². The summed E-state index contributed by atoms with van der Waals surface area (Å²) >= 11 is 1.79. The molecular formula is C11H15NS. The fraction of sp³-hybridized carbons (Fsp3) is 0.455. The van der Waals surface area contributed by atoms with Crippen LogP contribution in [0, 0.1) is 0 Å². The molecule has 2 N–H and O–H groups in total. The average molecular weight is 193 g/mol. The number of benzene rings is 1. The minimum absolute atomic E-state index is 0.274. The van der Waals surface area contributed by atoms with Gasteiger partial charge in [-0.1, -0.05) is 6.07 Å². The van der Waals surface area contributed by atoms with Crippen LogP contribution in [0.3, 0.4) is 0 Å². The summed E-state index contributed by atoms with van der Waals surface area (Å²) < 4.78 is 0. The maximum absolute atomic E-state index is 6.06. The van der Waals surface area contributed by atoms with Crippen LogP contribution in [0.4, 0.5) is 0 Å². The molecule has 2 rings (SSSR count). The van der Waals surface area contributed by atoms with Crippen molar-refractivity contribution < 1.29 is 0 Å². The number of rotatable bonds is 1. The highest BCUT2D eigenvalue weighted by Gasteiger charge is 2.16. The van der Waals surface area contributed by atoms with Gasteiger partial charge in [0.05, 0.1) is 0 Å². The summed E-state index contributed by atoms with van der Waals surface area (Å²) in [6, 6.07) is 6.96. The molecule has 1 aliphatic rings. The van der Waals surface area contributed by atoms with Gasteiger partial charge in [0.25, 0.3) is 0 Å². The van der Waals surface area contributed by atoms with Crippen molar-refractivity contribution in [1.82, 2.24) is 0 Å². The van der Waals surface area contributed by atoms with Gasteiger partial charge in [-0.05, 0) is 48.8 Å². The monoisotopic (exact) mass is 193 g/mol. The summed E-state index contributed by atoms with van der Waals surface area (Å²) in [4.78, 5) is 1.33. The van der Waals surface area contributed by atoms with Crippen molar-refractivity contribution in [2.75, 3.05) is 6.26 Å². The van der Waals surface area contributed by atoms with Crippen LogP contribution in [0.1, 0.15) is 30.0 Å². The van der Waals surface area contributed by atoms with Gasteiger partial charge in [0.15, 0.2) is 0 Å². The molecule has 0 amide bonds. The Morgan fingerprint density at radius 2 is 2.31 bits per heavy atom. The van der Waals surface area contributed by atoms with Gasteiger partial charge in [-0.3, -0.25) is 0 Å². The number of hydrogen-bond acceptors (Lipinski definition) is 2. The Balaban J connectivity index is 2.41. The zero-order chi connectivity index (χ0) is 9.26. The smallest absolute Gasteiger partial charge is 0.0298 e. The van der Waals surface area contributed by atoms with Gasteiger partial charge in [-0.2, -0.15) is 0 Å². The third kappa shape index (κ3) is 1.74. The van der Waals surface area contributed by atoms with Crippen LogP contribution in [0.2, 0.25) is 0 Å². The number of hydrogen-bond donors (Lipinski definition) is 1. The molecule has 2 heteroatoms. The molecule has 0 fully saturated rings. The van der Waals surface area contributed by atoms with Crippen molar-refractivity contribution >= 4 is 11.8 Å². The van der Waals surface area contributed by atoms with Gasteiger partial charge in [-0.25, -0.2) is 0 Å². The summed E-state index contributed by atoms with van der Waals surface area (Å²) in [5.41, 5.74) is 8.89. The molecule has 0 heterocycles. The molecule has 70 valence electrons. The first kappa shape index (κ1) is 9.10. The number of nitrogens with two attached hydrogens (primary N) is 1. The molecular weight excluding hydrogens is 178 g/mol. The fourth-order valence-electron chi connectivity index (χ4n) is 1.94. The van der Waals surface area contributed by atoms with E-state index >= 15 is 0 Å². The summed E-state index contributed by atoms with van der Waals surface area (Å²) in [5.74, 6) is 0. The Labute approximate surface area is 83.7 Å². The summed E-state index contributed by atoms with van der Waals surface area (Å²) in [5, 5.41) is 0. The third-order valence-corrected chi connectivity index (χ3v) is 3.44. The average Bonchev–Trinajstić information content (AvgIpc) is 2.18. The highest BCUT2D eigenvalue weighted by atomic mass is 32.2. The van der Waals surface area contributed by atoms with Gasteiger partial charge in [-0.15, -0.1) is 11.8 Å². The van der Waals surface area contributed by atoms with Gasteiger partial charge in [0, 0.05) is 10.9 Å². The molecule has 1 atom stereocenters. The summed E-state index contributed by atoms with van der Waals surface area (Å²) in [6.07, 6.45) is 5.70. The SMILES string of the molecule is CSc1ccc2c(c1)C(N)CCC2. The van der Waals surface area contributed by atoms with Crippen LogP contribution in [0.25, 0.3) is 0 Å². The van der Waals surface area contributed by atoms with Gasteiger partial charge in [0.2, 0.25) is 0 Å². The lowest BCUT2D eigenvalue weighted by molar-refractivity contribution is 0.569. The first-order valence-corrected chi connectivity index (χ1v) is 5.96. The van der Waals surface area contributed by atoms with E-state index in [1.165, 1.54) is 28.9 Å². The predicted molar refractivity (Wildman–Crippen MR) is 58.1 cm³/mol. The van der Waals surface area contributed by atoms with Crippen LogP contribution < -0.4 is 5.73 Å². The van der Waals surface area contributed by atoms with E-state index in [4.69, 9.17) is 5.73 Å².